The number of halogens is 1. The second kappa shape index (κ2) is 12.1. The van der Waals surface area contributed by atoms with Crippen LogP contribution in [0.25, 0.3) is 0 Å². The summed E-state index contributed by atoms with van der Waals surface area (Å²) in [6.45, 7) is 6.31. The molecule has 0 aliphatic carbocycles. The zero-order valence-electron chi connectivity index (χ0n) is 15.3. The Morgan fingerprint density at radius 2 is 2.20 bits per heavy atom. The molecule has 1 aliphatic heterocycles. The number of guanidine groups is 1. The van der Waals surface area contributed by atoms with Gasteiger partial charge in [-0.2, -0.15) is 5.26 Å². The number of hydrogen-bond acceptors (Lipinski definition) is 3. The average Bonchev–Trinajstić information content (AvgIpc) is 2.62. The van der Waals surface area contributed by atoms with Crippen molar-refractivity contribution in [3.63, 3.8) is 0 Å². The lowest BCUT2D eigenvalue weighted by molar-refractivity contribution is 0.159. The molecule has 2 rings (SSSR count). The van der Waals surface area contributed by atoms with Gasteiger partial charge in [-0.05, 0) is 50.4 Å². The van der Waals surface area contributed by atoms with Gasteiger partial charge in [0.2, 0.25) is 0 Å². The zero-order chi connectivity index (χ0) is 17.2. The summed E-state index contributed by atoms with van der Waals surface area (Å²) in [4.78, 5) is 6.85. The lowest BCUT2D eigenvalue weighted by Crippen LogP contribution is -2.41. The lowest BCUT2D eigenvalue weighted by atomic mass is 10.0. The Hall–Kier alpha value is -1.33. The van der Waals surface area contributed by atoms with E-state index in [9.17, 15) is 0 Å². The largest absolute Gasteiger partial charge is 0.356 e. The number of nitrogens with zero attached hydrogens (tertiary/aromatic N) is 3. The molecule has 2 N–H and O–H groups in total. The molecule has 138 valence electrons. The second-order valence-corrected chi connectivity index (χ2v) is 6.40. The van der Waals surface area contributed by atoms with Crippen molar-refractivity contribution >= 4 is 29.9 Å². The average molecular weight is 455 g/mol. The summed E-state index contributed by atoms with van der Waals surface area (Å²) in [5.74, 6) is 0.809. The molecule has 1 heterocycles. The van der Waals surface area contributed by atoms with Crippen LogP contribution in [0.2, 0.25) is 0 Å². The van der Waals surface area contributed by atoms with Crippen molar-refractivity contribution in [2.24, 2.45) is 4.99 Å². The highest BCUT2D eigenvalue weighted by molar-refractivity contribution is 14.0. The van der Waals surface area contributed by atoms with E-state index >= 15 is 0 Å². The fourth-order valence-corrected chi connectivity index (χ4v) is 3.14. The Labute approximate surface area is 168 Å². The summed E-state index contributed by atoms with van der Waals surface area (Å²) >= 11 is 0. The zero-order valence-corrected chi connectivity index (χ0v) is 17.6. The SMILES string of the molecule is CN=C(NCCCN1CCCCC1C)NCc1cccc(C#N)c1.I. The third kappa shape index (κ3) is 7.61. The quantitative estimate of drug-likeness (QED) is 0.300. The minimum absolute atomic E-state index is 0. The first-order chi connectivity index (χ1) is 11.7. The predicted molar refractivity (Wildman–Crippen MR) is 114 cm³/mol. The highest BCUT2D eigenvalue weighted by Crippen LogP contribution is 2.16. The molecule has 0 spiro atoms. The number of nitrogens with one attached hydrogen (secondary N) is 2. The molecule has 0 radical (unpaired) electrons. The van der Waals surface area contributed by atoms with Crippen LogP contribution in [0.4, 0.5) is 0 Å². The molecule has 0 saturated carbocycles. The van der Waals surface area contributed by atoms with Crippen molar-refractivity contribution in [1.29, 1.82) is 5.26 Å². The van der Waals surface area contributed by atoms with E-state index in [1.54, 1.807) is 7.05 Å². The van der Waals surface area contributed by atoms with E-state index < -0.39 is 0 Å². The number of piperidine rings is 1. The van der Waals surface area contributed by atoms with Crippen molar-refractivity contribution in [3.05, 3.63) is 35.4 Å². The Bertz CT molecular complexity index is 581. The van der Waals surface area contributed by atoms with Crippen LogP contribution in [-0.2, 0) is 6.54 Å². The second-order valence-electron chi connectivity index (χ2n) is 6.40. The Balaban J connectivity index is 0.00000312. The molecule has 0 amide bonds. The molecule has 5 nitrogen and oxygen atoms in total. The Morgan fingerprint density at radius 1 is 1.36 bits per heavy atom. The molecule has 0 aromatic heterocycles. The third-order valence-corrected chi connectivity index (χ3v) is 4.59. The predicted octanol–water partition coefficient (Wildman–Crippen LogP) is 3.11. The van der Waals surface area contributed by atoms with Gasteiger partial charge in [-0.25, -0.2) is 0 Å². The highest BCUT2D eigenvalue weighted by atomic mass is 127. The summed E-state index contributed by atoms with van der Waals surface area (Å²) in [5, 5.41) is 15.6. The van der Waals surface area contributed by atoms with Crippen LogP contribution in [0.1, 0.15) is 43.7 Å². The van der Waals surface area contributed by atoms with Gasteiger partial charge in [-0.15, -0.1) is 24.0 Å². The minimum Gasteiger partial charge on any atom is -0.356 e. The van der Waals surface area contributed by atoms with Gasteiger partial charge >= 0.3 is 0 Å². The van der Waals surface area contributed by atoms with Gasteiger partial charge in [0.05, 0.1) is 11.6 Å². The van der Waals surface area contributed by atoms with E-state index in [4.69, 9.17) is 5.26 Å². The number of benzene rings is 1. The van der Waals surface area contributed by atoms with Crippen molar-refractivity contribution in [3.8, 4) is 6.07 Å². The number of likely N-dealkylation sites (tertiary alicyclic amines) is 1. The molecule has 1 unspecified atom stereocenters. The number of aliphatic imine (C=N–C) groups is 1. The normalized spacial score (nSPS) is 18.1. The number of rotatable bonds is 6. The van der Waals surface area contributed by atoms with Crippen LogP contribution < -0.4 is 10.6 Å². The molecule has 6 heteroatoms. The monoisotopic (exact) mass is 455 g/mol. The minimum atomic E-state index is 0. The van der Waals surface area contributed by atoms with Crippen LogP contribution in [0.15, 0.2) is 29.3 Å². The van der Waals surface area contributed by atoms with Gasteiger partial charge in [0.15, 0.2) is 5.96 Å². The maximum atomic E-state index is 8.94. The van der Waals surface area contributed by atoms with Crippen molar-refractivity contribution < 1.29 is 0 Å². The molecule has 1 aliphatic rings. The van der Waals surface area contributed by atoms with Crippen LogP contribution in [0.5, 0.6) is 0 Å². The standard InChI is InChI=1S/C19H29N5.HI/c1-16-7-3-4-11-24(16)12-6-10-22-19(21-2)23-15-18-9-5-8-17(13-18)14-20;/h5,8-9,13,16H,3-4,6-7,10-12,15H2,1-2H3,(H2,21,22,23);1H. The smallest absolute Gasteiger partial charge is 0.191 e. The van der Waals surface area contributed by atoms with E-state index in [1.165, 1.54) is 25.8 Å². The van der Waals surface area contributed by atoms with E-state index in [2.05, 4.69) is 33.5 Å². The van der Waals surface area contributed by atoms with Gasteiger partial charge in [0, 0.05) is 32.7 Å². The maximum absolute atomic E-state index is 8.94. The summed E-state index contributed by atoms with van der Waals surface area (Å²) < 4.78 is 0. The van der Waals surface area contributed by atoms with Crippen LogP contribution in [0.3, 0.4) is 0 Å². The molecule has 1 saturated heterocycles. The highest BCUT2D eigenvalue weighted by Gasteiger charge is 2.17. The summed E-state index contributed by atoms with van der Waals surface area (Å²) in [6.07, 6.45) is 5.16. The van der Waals surface area contributed by atoms with E-state index in [1.807, 2.05) is 24.3 Å². The molecule has 25 heavy (non-hydrogen) atoms. The van der Waals surface area contributed by atoms with Crippen LogP contribution in [0, 0.1) is 11.3 Å². The van der Waals surface area contributed by atoms with Crippen LogP contribution in [-0.4, -0.2) is 43.6 Å². The van der Waals surface area contributed by atoms with Crippen molar-refractivity contribution in [1.82, 2.24) is 15.5 Å². The summed E-state index contributed by atoms with van der Waals surface area (Å²) in [7, 11) is 1.79. The van der Waals surface area contributed by atoms with Gasteiger partial charge in [0.1, 0.15) is 0 Å². The Kier molecular flexibility index (Phi) is 10.5. The molecule has 0 bridgehead atoms. The molecular formula is C19H30IN5. The van der Waals surface area contributed by atoms with Gasteiger partial charge in [0.25, 0.3) is 0 Å². The summed E-state index contributed by atoms with van der Waals surface area (Å²) in [5.41, 5.74) is 1.77. The fourth-order valence-electron chi connectivity index (χ4n) is 3.14. The van der Waals surface area contributed by atoms with E-state index in [0.29, 0.717) is 12.1 Å². The molecule has 1 fully saturated rings. The van der Waals surface area contributed by atoms with E-state index in [0.717, 1.165) is 37.1 Å². The van der Waals surface area contributed by atoms with Crippen molar-refractivity contribution in [2.75, 3.05) is 26.7 Å². The number of hydrogen-bond donors (Lipinski definition) is 2. The van der Waals surface area contributed by atoms with Gasteiger partial charge < -0.3 is 15.5 Å². The third-order valence-electron chi connectivity index (χ3n) is 4.59. The number of nitriles is 1. The molecule has 1 aromatic carbocycles. The lowest BCUT2D eigenvalue weighted by Gasteiger charge is -2.33. The van der Waals surface area contributed by atoms with E-state index in [-0.39, 0.29) is 24.0 Å². The van der Waals surface area contributed by atoms with Crippen LogP contribution >= 0.6 is 24.0 Å². The topological polar surface area (TPSA) is 63.5 Å². The summed E-state index contributed by atoms with van der Waals surface area (Å²) in [6, 6.07) is 10.5. The first-order valence-electron chi connectivity index (χ1n) is 8.90. The molecular weight excluding hydrogens is 425 g/mol. The Morgan fingerprint density at radius 3 is 2.92 bits per heavy atom. The first kappa shape index (κ1) is 21.7. The van der Waals surface area contributed by atoms with Gasteiger partial charge in [-0.1, -0.05) is 18.6 Å². The molecule has 1 atom stereocenters. The van der Waals surface area contributed by atoms with Gasteiger partial charge in [-0.3, -0.25) is 4.99 Å². The fraction of sp³-hybridized carbons (Fsp3) is 0.579. The first-order valence-corrected chi connectivity index (χ1v) is 8.90. The molecule has 1 aromatic rings. The maximum Gasteiger partial charge on any atom is 0.191 e. The van der Waals surface area contributed by atoms with Crippen molar-refractivity contribution in [2.45, 2.75) is 45.2 Å².